The van der Waals surface area contributed by atoms with Gasteiger partial charge in [-0.1, -0.05) is 41.9 Å². The third-order valence-electron chi connectivity index (χ3n) is 5.60. The molecule has 176 valence electrons. The molecule has 3 aromatic carbocycles. The van der Waals surface area contributed by atoms with Gasteiger partial charge in [-0.2, -0.15) is 0 Å². The molecular formula is C27H28ClN3O3. The van der Waals surface area contributed by atoms with Crippen molar-refractivity contribution in [1.29, 1.82) is 0 Å². The van der Waals surface area contributed by atoms with Crippen LogP contribution in [-0.2, 0) is 11.3 Å². The Morgan fingerprint density at radius 2 is 1.71 bits per heavy atom. The summed E-state index contributed by atoms with van der Waals surface area (Å²) in [6, 6.07) is 20.7. The number of para-hydroxylation sites is 3. The maximum Gasteiger partial charge on any atom is 0.258 e. The van der Waals surface area contributed by atoms with E-state index in [4.69, 9.17) is 26.1 Å². The summed E-state index contributed by atoms with van der Waals surface area (Å²) in [6.45, 7) is 7.00. The van der Waals surface area contributed by atoms with Gasteiger partial charge in [0.2, 0.25) is 0 Å². The van der Waals surface area contributed by atoms with Crippen LogP contribution in [0.4, 0.5) is 0 Å². The predicted molar refractivity (Wildman–Crippen MR) is 135 cm³/mol. The number of hydrogen-bond donors (Lipinski definition) is 1. The average Bonchev–Trinajstić information content (AvgIpc) is 3.19. The Labute approximate surface area is 204 Å². The molecular weight excluding hydrogens is 450 g/mol. The SMILES string of the molecule is Cc1cccc(C)c1OCCn1c(C(C)NC(=O)COc2ccc(Cl)cc2)nc2ccccc21. The Hall–Kier alpha value is -3.51. The maximum absolute atomic E-state index is 12.5. The molecule has 7 heteroatoms. The van der Waals surface area contributed by atoms with E-state index in [1.165, 1.54) is 0 Å². The van der Waals surface area contributed by atoms with Crippen molar-refractivity contribution in [3.8, 4) is 11.5 Å². The van der Waals surface area contributed by atoms with Crippen LogP contribution in [0.3, 0.4) is 0 Å². The fraction of sp³-hybridized carbons (Fsp3) is 0.259. The third kappa shape index (κ3) is 5.51. The van der Waals surface area contributed by atoms with Crippen molar-refractivity contribution in [2.45, 2.75) is 33.4 Å². The molecule has 0 aliphatic carbocycles. The Bertz CT molecular complexity index is 1260. The molecule has 0 saturated heterocycles. The number of rotatable bonds is 9. The zero-order valence-electron chi connectivity index (χ0n) is 19.5. The second kappa shape index (κ2) is 10.6. The zero-order valence-corrected chi connectivity index (χ0v) is 20.3. The first-order valence-electron chi connectivity index (χ1n) is 11.2. The van der Waals surface area contributed by atoms with Crippen molar-refractivity contribution >= 4 is 28.5 Å². The number of aryl methyl sites for hydroxylation is 2. The molecule has 0 aliphatic heterocycles. The van der Waals surface area contributed by atoms with E-state index < -0.39 is 0 Å². The lowest BCUT2D eigenvalue weighted by Gasteiger charge is -2.18. The number of ether oxygens (including phenoxy) is 2. The highest BCUT2D eigenvalue weighted by molar-refractivity contribution is 6.30. The van der Waals surface area contributed by atoms with Gasteiger partial charge in [-0.3, -0.25) is 4.79 Å². The molecule has 4 rings (SSSR count). The van der Waals surface area contributed by atoms with Gasteiger partial charge < -0.3 is 19.4 Å². The summed E-state index contributed by atoms with van der Waals surface area (Å²) in [5.74, 6) is 2.04. The van der Waals surface area contributed by atoms with Crippen molar-refractivity contribution in [2.75, 3.05) is 13.2 Å². The lowest BCUT2D eigenvalue weighted by Crippen LogP contribution is -2.33. The number of aromatic nitrogens is 2. The molecule has 1 amide bonds. The molecule has 1 aromatic heterocycles. The molecule has 1 N–H and O–H groups in total. The van der Waals surface area contributed by atoms with Crippen molar-refractivity contribution in [3.05, 3.63) is 88.7 Å². The van der Waals surface area contributed by atoms with Gasteiger partial charge in [0.25, 0.3) is 5.91 Å². The van der Waals surface area contributed by atoms with Crippen LogP contribution in [0, 0.1) is 13.8 Å². The number of carbonyl (C=O) groups excluding carboxylic acids is 1. The van der Waals surface area contributed by atoms with E-state index in [1.807, 2.05) is 63.2 Å². The fourth-order valence-electron chi connectivity index (χ4n) is 3.95. The first-order valence-corrected chi connectivity index (χ1v) is 11.6. The predicted octanol–water partition coefficient (Wildman–Crippen LogP) is 5.64. The maximum atomic E-state index is 12.5. The minimum atomic E-state index is -0.311. The topological polar surface area (TPSA) is 65.4 Å². The summed E-state index contributed by atoms with van der Waals surface area (Å²) in [5, 5.41) is 3.61. The summed E-state index contributed by atoms with van der Waals surface area (Å²) in [6.07, 6.45) is 0. The first-order chi connectivity index (χ1) is 16.4. The molecule has 1 atom stereocenters. The molecule has 4 aromatic rings. The van der Waals surface area contributed by atoms with Crippen LogP contribution >= 0.6 is 11.6 Å². The van der Waals surface area contributed by atoms with Crippen LogP contribution in [0.15, 0.2) is 66.7 Å². The van der Waals surface area contributed by atoms with Gasteiger partial charge in [0.1, 0.15) is 23.9 Å². The van der Waals surface area contributed by atoms with Crippen LogP contribution in [0.25, 0.3) is 11.0 Å². The highest BCUT2D eigenvalue weighted by Gasteiger charge is 2.19. The minimum Gasteiger partial charge on any atom is -0.491 e. The smallest absolute Gasteiger partial charge is 0.258 e. The summed E-state index contributed by atoms with van der Waals surface area (Å²) in [7, 11) is 0. The average molecular weight is 478 g/mol. The normalized spacial score (nSPS) is 11.9. The molecule has 0 bridgehead atoms. The fourth-order valence-corrected chi connectivity index (χ4v) is 4.08. The second-order valence-electron chi connectivity index (χ2n) is 8.21. The monoisotopic (exact) mass is 477 g/mol. The van der Waals surface area contributed by atoms with E-state index in [0.717, 1.165) is 33.7 Å². The van der Waals surface area contributed by atoms with Gasteiger partial charge >= 0.3 is 0 Å². The Balaban J connectivity index is 1.45. The quantitative estimate of drug-likeness (QED) is 0.338. The van der Waals surface area contributed by atoms with Gasteiger partial charge in [0.15, 0.2) is 6.61 Å². The standard InChI is InChI=1S/C27H28ClN3O3/c1-18-7-6-8-19(2)26(18)33-16-15-31-24-10-5-4-9-23(24)30-27(31)20(3)29-25(32)17-34-22-13-11-21(28)12-14-22/h4-14,20H,15-17H2,1-3H3,(H,29,32). The number of hydrogen-bond acceptors (Lipinski definition) is 4. The van der Waals surface area contributed by atoms with Gasteiger partial charge in [0.05, 0.1) is 23.6 Å². The highest BCUT2D eigenvalue weighted by Crippen LogP contribution is 2.24. The van der Waals surface area contributed by atoms with Crippen molar-refractivity contribution in [2.24, 2.45) is 0 Å². The van der Waals surface area contributed by atoms with Gasteiger partial charge in [-0.15, -0.1) is 0 Å². The van der Waals surface area contributed by atoms with Gasteiger partial charge in [0, 0.05) is 5.02 Å². The molecule has 1 unspecified atom stereocenters. The van der Waals surface area contributed by atoms with Crippen LogP contribution in [0.5, 0.6) is 11.5 Å². The number of benzene rings is 3. The van der Waals surface area contributed by atoms with Crippen LogP contribution < -0.4 is 14.8 Å². The largest absolute Gasteiger partial charge is 0.491 e. The number of amides is 1. The van der Waals surface area contributed by atoms with Crippen molar-refractivity contribution in [1.82, 2.24) is 14.9 Å². The number of fused-ring (bicyclic) bond motifs is 1. The van der Waals surface area contributed by atoms with Crippen LogP contribution in [0.2, 0.25) is 5.02 Å². The summed E-state index contributed by atoms with van der Waals surface area (Å²) in [4.78, 5) is 17.3. The molecule has 0 aliphatic rings. The molecule has 34 heavy (non-hydrogen) atoms. The molecule has 0 fully saturated rings. The van der Waals surface area contributed by atoms with Crippen molar-refractivity contribution in [3.63, 3.8) is 0 Å². The first kappa shape index (κ1) is 23.6. The lowest BCUT2D eigenvalue weighted by molar-refractivity contribution is -0.123. The zero-order chi connectivity index (χ0) is 24.1. The third-order valence-corrected chi connectivity index (χ3v) is 5.85. The number of nitrogens with one attached hydrogen (secondary N) is 1. The van der Waals surface area contributed by atoms with E-state index in [0.29, 0.717) is 23.9 Å². The minimum absolute atomic E-state index is 0.0954. The van der Waals surface area contributed by atoms with Crippen LogP contribution in [-0.4, -0.2) is 28.7 Å². The number of nitrogens with zero attached hydrogens (tertiary/aromatic N) is 2. The molecule has 6 nitrogen and oxygen atoms in total. The van der Waals surface area contributed by atoms with E-state index in [9.17, 15) is 4.79 Å². The summed E-state index contributed by atoms with van der Waals surface area (Å²) >= 11 is 5.89. The van der Waals surface area contributed by atoms with Gasteiger partial charge in [-0.25, -0.2) is 4.98 Å². The molecule has 1 heterocycles. The number of carbonyl (C=O) groups is 1. The number of imidazole rings is 1. The Morgan fingerprint density at radius 1 is 1.00 bits per heavy atom. The van der Waals surface area contributed by atoms with Gasteiger partial charge in [-0.05, 0) is 68.3 Å². The van der Waals surface area contributed by atoms with Crippen molar-refractivity contribution < 1.29 is 14.3 Å². The van der Waals surface area contributed by atoms with E-state index in [2.05, 4.69) is 9.88 Å². The van der Waals surface area contributed by atoms with Crippen LogP contribution in [0.1, 0.15) is 29.9 Å². The second-order valence-corrected chi connectivity index (χ2v) is 8.65. The lowest BCUT2D eigenvalue weighted by atomic mass is 10.1. The highest BCUT2D eigenvalue weighted by atomic mass is 35.5. The summed E-state index contributed by atoms with van der Waals surface area (Å²) < 4.78 is 13.8. The van der Waals surface area contributed by atoms with E-state index in [-0.39, 0.29) is 18.6 Å². The molecule has 0 spiro atoms. The Kier molecular flexibility index (Phi) is 7.38. The number of halogens is 1. The van der Waals surface area contributed by atoms with E-state index >= 15 is 0 Å². The molecule has 0 saturated carbocycles. The van der Waals surface area contributed by atoms with E-state index in [1.54, 1.807) is 24.3 Å². The Morgan fingerprint density at radius 3 is 2.44 bits per heavy atom. The summed E-state index contributed by atoms with van der Waals surface area (Å²) in [5.41, 5.74) is 4.10. The molecule has 0 radical (unpaired) electrons.